The Kier molecular flexibility index (Phi) is 2.71. The van der Waals surface area contributed by atoms with Gasteiger partial charge in [0.1, 0.15) is 0 Å². The third-order valence-corrected chi connectivity index (χ3v) is 5.68. The van der Waals surface area contributed by atoms with E-state index >= 15 is 0 Å². The lowest BCUT2D eigenvalue weighted by Gasteiger charge is -2.44. The zero-order chi connectivity index (χ0) is 13.0. The smallest absolute Gasteiger partial charge is 0.0612 e. The predicted molar refractivity (Wildman–Crippen MR) is 74.4 cm³/mol. The van der Waals surface area contributed by atoms with Crippen molar-refractivity contribution in [2.24, 2.45) is 17.8 Å². The quantitative estimate of drug-likeness (QED) is 0.701. The molecular formula is C17H22O2. The summed E-state index contributed by atoms with van der Waals surface area (Å²) in [7, 11) is 0. The molecule has 0 saturated heterocycles. The summed E-state index contributed by atoms with van der Waals surface area (Å²) in [6.07, 6.45) is 12.5. The van der Waals surface area contributed by atoms with Crippen molar-refractivity contribution in [3.05, 3.63) is 34.9 Å². The summed E-state index contributed by atoms with van der Waals surface area (Å²) in [6.45, 7) is 0. The zero-order valence-corrected chi connectivity index (χ0v) is 11.3. The Bertz CT molecular complexity index is 485. The van der Waals surface area contributed by atoms with Crippen LogP contribution in [0.4, 0.5) is 0 Å². The van der Waals surface area contributed by atoms with Gasteiger partial charge < -0.3 is 10.2 Å². The second-order valence-electron chi connectivity index (χ2n) is 6.65. The monoisotopic (exact) mass is 258 g/mol. The van der Waals surface area contributed by atoms with Gasteiger partial charge in [0, 0.05) is 5.92 Å². The van der Waals surface area contributed by atoms with Gasteiger partial charge in [-0.1, -0.05) is 23.8 Å². The number of hydrogen-bond acceptors (Lipinski definition) is 2. The van der Waals surface area contributed by atoms with Crippen LogP contribution in [0.2, 0.25) is 0 Å². The molecule has 0 amide bonds. The van der Waals surface area contributed by atoms with E-state index in [0.29, 0.717) is 11.8 Å². The topological polar surface area (TPSA) is 40.5 Å². The second-order valence-corrected chi connectivity index (χ2v) is 6.65. The lowest BCUT2D eigenvalue weighted by Crippen LogP contribution is -2.39. The molecule has 0 heterocycles. The van der Waals surface area contributed by atoms with Crippen LogP contribution in [0.3, 0.4) is 0 Å². The summed E-state index contributed by atoms with van der Waals surface area (Å²) in [4.78, 5) is 0. The van der Waals surface area contributed by atoms with Gasteiger partial charge in [-0.15, -0.1) is 0 Å². The van der Waals surface area contributed by atoms with Gasteiger partial charge in [-0.2, -0.15) is 0 Å². The molecule has 0 aromatic rings. The first kappa shape index (κ1) is 11.9. The van der Waals surface area contributed by atoms with E-state index in [1.807, 2.05) is 0 Å². The number of fused-ring (bicyclic) bond motifs is 4. The fourth-order valence-electron chi connectivity index (χ4n) is 4.77. The number of rotatable bonds is 0. The van der Waals surface area contributed by atoms with Crippen LogP contribution >= 0.6 is 0 Å². The minimum absolute atomic E-state index is 0.213. The summed E-state index contributed by atoms with van der Waals surface area (Å²) < 4.78 is 0. The highest BCUT2D eigenvalue weighted by molar-refractivity contribution is 5.45. The van der Waals surface area contributed by atoms with Gasteiger partial charge in [0.15, 0.2) is 0 Å². The molecule has 0 radical (unpaired) electrons. The minimum Gasteiger partial charge on any atom is -0.393 e. The number of allylic oxidation sites excluding steroid dienone is 5. The maximum absolute atomic E-state index is 10.5. The van der Waals surface area contributed by atoms with Crippen molar-refractivity contribution in [2.45, 2.75) is 50.7 Å². The molecule has 0 aromatic carbocycles. The zero-order valence-electron chi connectivity index (χ0n) is 11.3. The van der Waals surface area contributed by atoms with Crippen LogP contribution in [-0.4, -0.2) is 22.4 Å². The maximum Gasteiger partial charge on any atom is 0.0612 e. The SMILES string of the molecule is OC1CCC2=C3C=CC4=CCCC4C3CC(O)C2C1. The fraction of sp³-hybridized carbons (Fsp3) is 0.647. The highest BCUT2D eigenvalue weighted by Gasteiger charge is 2.43. The Morgan fingerprint density at radius 2 is 1.84 bits per heavy atom. The number of aliphatic hydroxyl groups is 2. The van der Waals surface area contributed by atoms with Gasteiger partial charge >= 0.3 is 0 Å². The van der Waals surface area contributed by atoms with Gasteiger partial charge in [-0.05, 0) is 61.5 Å². The largest absolute Gasteiger partial charge is 0.393 e. The third kappa shape index (κ3) is 1.77. The van der Waals surface area contributed by atoms with Crippen molar-refractivity contribution in [3.63, 3.8) is 0 Å². The van der Waals surface area contributed by atoms with E-state index in [-0.39, 0.29) is 18.1 Å². The fourth-order valence-corrected chi connectivity index (χ4v) is 4.77. The highest BCUT2D eigenvalue weighted by Crippen LogP contribution is 2.51. The van der Waals surface area contributed by atoms with E-state index in [0.717, 1.165) is 25.7 Å². The Hall–Kier alpha value is -0.860. The van der Waals surface area contributed by atoms with Crippen LogP contribution < -0.4 is 0 Å². The molecule has 0 spiro atoms. The van der Waals surface area contributed by atoms with Gasteiger partial charge in [0.05, 0.1) is 12.2 Å². The maximum atomic E-state index is 10.5. The Balaban J connectivity index is 1.76. The van der Waals surface area contributed by atoms with Gasteiger partial charge in [-0.3, -0.25) is 0 Å². The summed E-state index contributed by atoms with van der Waals surface area (Å²) in [5.74, 6) is 1.40. The van der Waals surface area contributed by atoms with Gasteiger partial charge in [0.2, 0.25) is 0 Å². The average molecular weight is 258 g/mol. The van der Waals surface area contributed by atoms with Gasteiger partial charge in [0.25, 0.3) is 0 Å². The summed E-state index contributed by atoms with van der Waals surface area (Å²) in [5, 5.41) is 20.3. The van der Waals surface area contributed by atoms with Crippen LogP contribution in [0.15, 0.2) is 34.9 Å². The normalized spacial score (nSPS) is 44.5. The molecule has 1 fully saturated rings. The molecular weight excluding hydrogens is 236 g/mol. The number of aliphatic hydroxyl groups excluding tert-OH is 2. The van der Waals surface area contributed by atoms with Crippen LogP contribution in [0.5, 0.6) is 0 Å². The lowest BCUT2D eigenvalue weighted by atomic mass is 9.63. The van der Waals surface area contributed by atoms with Crippen molar-refractivity contribution in [1.82, 2.24) is 0 Å². The second kappa shape index (κ2) is 4.32. The molecule has 102 valence electrons. The molecule has 5 atom stereocenters. The Morgan fingerprint density at radius 3 is 2.74 bits per heavy atom. The Morgan fingerprint density at radius 1 is 0.947 bits per heavy atom. The molecule has 4 aliphatic rings. The minimum atomic E-state index is -0.243. The third-order valence-electron chi connectivity index (χ3n) is 5.68. The highest BCUT2D eigenvalue weighted by atomic mass is 16.3. The molecule has 4 aliphatic carbocycles. The molecule has 5 unspecified atom stereocenters. The molecule has 0 aromatic heterocycles. The molecule has 4 rings (SSSR count). The predicted octanol–water partition coefficient (Wildman–Crippen LogP) is 2.73. The van der Waals surface area contributed by atoms with Gasteiger partial charge in [-0.25, -0.2) is 0 Å². The summed E-state index contributed by atoms with van der Waals surface area (Å²) in [5.41, 5.74) is 4.46. The Labute approximate surface area is 114 Å². The lowest BCUT2D eigenvalue weighted by molar-refractivity contribution is 0.0312. The van der Waals surface area contributed by atoms with Crippen LogP contribution in [-0.2, 0) is 0 Å². The molecule has 19 heavy (non-hydrogen) atoms. The molecule has 0 bridgehead atoms. The van der Waals surface area contributed by atoms with E-state index in [2.05, 4.69) is 18.2 Å². The van der Waals surface area contributed by atoms with E-state index in [1.54, 1.807) is 0 Å². The van der Waals surface area contributed by atoms with Crippen molar-refractivity contribution < 1.29 is 10.2 Å². The first-order valence-electron chi connectivity index (χ1n) is 7.71. The summed E-state index contributed by atoms with van der Waals surface area (Å²) >= 11 is 0. The van der Waals surface area contributed by atoms with Crippen LogP contribution in [0.1, 0.15) is 38.5 Å². The molecule has 2 N–H and O–H groups in total. The van der Waals surface area contributed by atoms with E-state index in [9.17, 15) is 10.2 Å². The van der Waals surface area contributed by atoms with Crippen molar-refractivity contribution in [1.29, 1.82) is 0 Å². The molecule has 2 heteroatoms. The first-order chi connectivity index (χ1) is 9.24. The van der Waals surface area contributed by atoms with Crippen molar-refractivity contribution >= 4 is 0 Å². The number of hydrogen-bond donors (Lipinski definition) is 2. The van der Waals surface area contributed by atoms with Crippen molar-refractivity contribution in [2.75, 3.05) is 0 Å². The summed E-state index contributed by atoms with van der Waals surface area (Å²) in [6, 6.07) is 0. The van der Waals surface area contributed by atoms with Crippen molar-refractivity contribution in [3.8, 4) is 0 Å². The average Bonchev–Trinajstić information content (AvgIpc) is 2.88. The molecule has 2 nitrogen and oxygen atoms in total. The van der Waals surface area contributed by atoms with Crippen LogP contribution in [0.25, 0.3) is 0 Å². The van der Waals surface area contributed by atoms with E-state index in [4.69, 9.17) is 0 Å². The van der Waals surface area contributed by atoms with Crippen LogP contribution in [0, 0.1) is 17.8 Å². The molecule has 1 saturated carbocycles. The first-order valence-corrected chi connectivity index (χ1v) is 7.71. The standard InChI is InChI=1S/C17H22O2/c18-11-5-7-14-13-6-4-10-2-1-3-12(10)15(13)9-17(19)16(14)8-11/h2,4,6,11-12,15-19H,1,3,5,7-9H2. The van der Waals surface area contributed by atoms with E-state index in [1.165, 1.54) is 29.6 Å². The molecule has 0 aliphatic heterocycles. The van der Waals surface area contributed by atoms with E-state index < -0.39 is 0 Å².